The van der Waals surface area contributed by atoms with Crippen LogP contribution in [0.2, 0.25) is 13.6 Å². The zero-order chi connectivity index (χ0) is 14.6. The monoisotopic (exact) mass is 282 g/mol. The predicted octanol–water partition coefficient (Wildman–Crippen LogP) is 2.04. The van der Waals surface area contributed by atoms with E-state index in [4.69, 9.17) is 0 Å². The van der Waals surface area contributed by atoms with Crippen LogP contribution in [0.3, 0.4) is 0 Å². The van der Waals surface area contributed by atoms with Gasteiger partial charge in [-0.1, -0.05) is 27.5 Å². The zero-order valence-corrected chi connectivity index (χ0v) is 15.8. The molecular formula is C8H27BF4OSi2. The van der Waals surface area contributed by atoms with Crippen molar-refractivity contribution in [3.8, 4) is 0 Å². The molecule has 0 aromatic rings. The van der Waals surface area contributed by atoms with E-state index in [1.54, 1.807) is 0 Å². The lowest BCUT2D eigenvalue weighted by atomic mass is 9.80. The van der Waals surface area contributed by atoms with Crippen LogP contribution in [-0.2, 0) is 4.12 Å². The van der Waals surface area contributed by atoms with E-state index in [1.165, 1.54) is 20.6 Å². The Hall–Kier alpha value is 0.179. The Bertz CT molecular complexity index is 60.5. The molecular weight excluding hydrogens is 255 g/mol. The van der Waals surface area contributed by atoms with Crippen LogP contribution in [0.15, 0.2) is 0 Å². The van der Waals surface area contributed by atoms with Crippen LogP contribution in [0.4, 0.5) is 17.5 Å². The third kappa shape index (κ3) is 77100. The smallest absolute Gasteiger partial charge is 0.342 e. The summed E-state index contributed by atoms with van der Waals surface area (Å²) in [6, 6.07) is 0. The first-order valence-electron chi connectivity index (χ1n) is 5.18. The Morgan fingerprint density at radius 2 is 1.19 bits per heavy atom. The van der Waals surface area contributed by atoms with Crippen LogP contribution >= 0.6 is 0 Å². The van der Waals surface area contributed by atoms with E-state index in [2.05, 4.69) is 4.12 Å². The van der Waals surface area contributed by atoms with Gasteiger partial charge >= 0.3 is 6.99 Å². The van der Waals surface area contributed by atoms with E-state index in [0.717, 1.165) is 27.9 Å². The van der Waals surface area contributed by atoms with Crippen molar-refractivity contribution in [3.05, 3.63) is 0 Å². The molecule has 0 aliphatic heterocycles. The summed E-state index contributed by atoms with van der Waals surface area (Å²) in [6.45, 7) is 8.38. The van der Waals surface area contributed by atoms with E-state index in [1.807, 2.05) is 13.8 Å². The molecule has 0 saturated carbocycles. The zero-order valence-electron chi connectivity index (χ0n) is 11.8. The maximum atomic E-state index is 11.0. The van der Waals surface area contributed by atoms with E-state index in [-0.39, 0.29) is 6.67 Å². The van der Waals surface area contributed by atoms with Gasteiger partial charge in [-0.15, -0.1) is 0 Å². The van der Waals surface area contributed by atoms with Crippen LogP contribution in [0.5, 0.6) is 0 Å². The average Bonchev–Trinajstić information content (AvgIpc) is 2.07. The van der Waals surface area contributed by atoms with Gasteiger partial charge in [0.1, 0.15) is 21.0 Å². The minimum Gasteiger partial charge on any atom is -0.471 e. The van der Waals surface area contributed by atoms with Gasteiger partial charge in [-0.05, 0) is 13.8 Å². The van der Waals surface area contributed by atoms with Crippen molar-refractivity contribution in [2.75, 3.05) is 6.67 Å². The summed E-state index contributed by atoms with van der Waals surface area (Å²) in [7, 11) is 1.86. The van der Waals surface area contributed by atoms with Crippen LogP contribution < -0.4 is 0 Å². The number of hydrogen-bond donors (Lipinski definition) is 0. The fraction of sp³-hybridized carbons (Fsp3) is 1.00. The molecule has 1 nitrogen and oxygen atoms in total. The Morgan fingerprint density at radius 1 is 1.19 bits per heavy atom. The summed E-state index contributed by atoms with van der Waals surface area (Å²) in [4.78, 5) is 0. The van der Waals surface area contributed by atoms with E-state index in [9.17, 15) is 17.5 Å². The largest absolute Gasteiger partial charge is 0.471 e. The third-order valence-corrected chi connectivity index (χ3v) is 0. The lowest BCUT2D eigenvalue weighted by Crippen LogP contribution is -1.81. The highest BCUT2D eigenvalue weighted by Crippen LogP contribution is 1.82. The van der Waals surface area contributed by atoms with E-state index in [0.29, 0.717) is 0 Å². The number of hydrogen-bond acceptors (Lipinski definition) is 1. The fourth-order valence-corrected chi connectivity index (χ4v) is 0. The van der Waals surface area contributed by atoms with Crippen molar-refractivity contribution >= 4 is 28.0 Å². The van der Waals surface area contributed by atoms with Crippen molar-refractivity contribution in [2.24, 2.45) is 0 Å². The maximum Gasteiger partial charge on any atom is 0.342 e. The van der Waals surface area contributed by atoms with Crippen molar-refractivity contribution < 1.29 is 21.6 Å². The molecule has 0 bridgehead atoms. The molecule has 0 unspecified atom stereocenters. The van der Waals surface area contributed by atoms with Crippen LogP contribution in [-0.4, -0.2) is 41.1 Å². The lowest BCUT2D eigenvalue weighted by Gasteiger charge is -1.70. The first-order chi connectivity index (χ1) is 7.29. The quantitative estimate of drug-likeness (QED) is 0.488. The van der Waals surface area contributed by atoms with Gasteiger partial charge in [-0.2, -0.15) is 0 Å². The number of halogens is 4. The number of alkyl halides is 3. The molecule has 0 heterocycles. The first-order valence-corrected chi connectivity index (χ1v) is 6.81. The molecule has 0 aliphatic rings. The Labute approximate surface area is 105 Å². The highest BCUT2D eigenvalue weighted by atomic mass is 28.3. The minimum absolute atomic E-state index is 0.250. The average molecular weight is 282 g/mol. The molecule has 0 N–H and O–H groups in total. The molecule has 0 rings (SSSR count). The molecule has 0 fully saturated rings. The second-order valence-electron chi connectivity index (χ2n) is 2.21. The maximum absolute atomic E-state index is 11.0. The second-order valence-corrected chi connectivity index (χ2v) is 5.47. The molecule has 16 heavy (non-hydrogen) atoms. The molecule has 0 atom stereocenters. The molecule has 0 radical (unpaired) electrons. The Kier molecular flexibility index (Phi) is 85.0. The summed E-state index contributed by atoms with van der Waals surface area (Å²) < 4.78 is 46.5. The molecule has 0 aromatic carbocycles. The summed E-state index contributed by atoms with van der Waals surface area (Å²) in [6.07, 6.45) is -2.17. The Balaban J connectivity index is -0.0000000322. The van der Waals surface area contributed by atoms with Gasteiger partial charge in [-0.3, -0.25) is 4.39 Å². The Morgan fingerprint density at radius 3 is 1.19 bits per heavy atom. The summed E-state index contributed by atoms with van der Waals surface area (Å²) in [5.74, 6) is 0. The van der Waals surface area contributed by atoms with Gasteiger partial charge < -0.3 is 8.43 Å². The highest BCUT2D eigenvalue weighted by molar-refractivity contribution is 6.47. The number of rotatable bonds is 0. The van der Waals surface area contributed by atoms with Gasteiger partial charge in [-0.25, -0.2) is 8.78 Å². The van der Waals surface area contributed by atoms with E-state index >= 15 is 0 Å². The molecule has 0 aromatic heterocycles. The van der Waals surface area contributed by atoms with Gasteiger partial charge in [0, 0.05) is 0 Å². The third-order valence-electron chi connectivity index (χ3n) is 0. The van der Waals surface area contributed by atoms with Crippen molar-refractivity contribution in [1.82, 2.24) is 0 Å². The van der Waals surface area contributed by atoms with Crippen molar-refractivity contribution in [3.63, 3.8) is 0 Å². The highest BCUT2D eigenvalue weighted by Gasteiger charge is 1.85. The van der Waals surface area contributed by atoms with Crippen LogP contribution in [0, 0.1) is 0 Å². The summed E-state index contributed by atoms with van der Waals surface area (Å²) in [5, 5.41) is 0. The molecule has 104 valence electrons. The topological polar surface area (TPSA) is 9.23 Å². The molecule has 0 spiro atoms. The van der Waals surface area contributed by atoms with Gasteiger partial charge in [0.15, 0.2) is 0 Å². The minimum atomic E-state index is -2.17. The van der Waals surface area contributed by atoms with Gasteiger partial charge in [0.2, 0.25) is 6.43 Å². The summed E-state index contributed by atoms with van der Waals surface area (Å²) in [5.41, 5.74) is 0. The van der Waals surface area contributed by atoms with Gasteiger partial charge in [0.25, 0.3) is 0 Å². The molecule has 0 aliphatic carbocycles. The molecule has 8 heteroatoms. The normalized spacial score (nSPS) is 6.94. The standard InChI is InChI=1S/C2H6BF.C2H4F2.C2H5F.C2H6.H6OSi2/c1-3(2)4;1-2(3)4;1-2-3;1-2;2-1-3/h1-2H3;2H,1H3;2H2,1H3;1-2H3;2-3H3. The van der Waals surface area contributed by atoms with Gasteiger partial charge in [0.05, 0.1) is 6.67 Å². The molecule has 0 saturated heterocycles. The van der Waals surface area contributed by atoms with Crippen LogP contribution in [0.1, 0.15) is 27.7 Å². The van der Waals surface area contributed by atoms with Crippen molar-refractivity contribution in [1.29, 1.82) is 0 Å². The summed E-state index contributed by atoms with van der Waals surface area (Å²) >= 11 is 0. The fourth-order valence-electron chi connectivity index (χ4n) is 0. The molecule has 0 amide bonds. The van der Waals surface area contributed by atoms with Crippen molar-refractivity contribution in [2.45, 2.75) is 47.8 Å². The SMILES string of the molecule is CB(C)F.CC.CC(F)F.CCF.[SiH3]O[SiH3]. The lowest BCUT2D eigenvalue weighted by molar-refractivity contribution is 0.171. The van der Waals surface area contributed by atoms with E-state index < -0.39 is 13.4 Å². The predicted molar refractivity (Wildman–Crippen MR) is 74.2 cm³/mol. The second kappa shape index (κ2) is 45.6. The first kappa shape index (κ1) is 29.8. The van der Waals surface area contributed by atoms with Crippen LogP contribution in [0.25, 0.3) is 0 Å².